The van der Waals surface area contributed by atoms with Crippen LogP contribution in [0, 0.1) is 0 Å². The summed E-state index contributed by atoms with van der Waals surface area (Å²) in [5, 5.41) is 35.8. The molecule has 0 aliphatic carbocycles. The first-order chi connectivity index (χ1) is 14.9. The topological polar surface area (TPSA) is 214 Å². The Hall–Kier alpha value is -3.53. The van der Waals surface area contributed by atoms with Crippen LogP contribution >= 0.6 is 0 Å². The van der Waals surface area contributed by atoms with Crippen LogP contribution in [0.3, 0.4) is 0 Å². The molecule has 0 saturated carbocycles. The van der Waals surface area contributed by atoms with Crippen molar-refractivity contribution in [3.8, 4) is 0 Å². The van der Waals surface area contributed by atoms with E-state index in [9.17, 15) is 20.1 Å². The fourth-order valence-corrected chi connectivity index (χ4v) is 3.70. The maximum absolute atomic E-state index is 12.9. The Balaban J connectivity index is 1.45. The lowest BCUT2D eigenvalue weighted by Crippen LogP contribution is -2.51. The number of aliphatic hydroxyl groups is 3. The number of nitrogens with zero attached hydrogens (tertiary/aromatic N) is 5. The number of aromatic amines is 2. The van der Waals surface area contributed by atoms with Crippen molar-refractivity contribution in [2.24, 2.45) is 0 Å². The van der Waals surface area contributed by atoms with Crippen molar-refractivity contribution >= 4 is 34.7 Å². The number of nitrogen functional groups attached to an aromatic ring is 1. The van der Waals surface area contributed by atoms with Gasteiger partial charge in [0, 0.05) is 7.05 Å². The van der Waals surface area contributed by atoms with Gasteiger partial charge < -0.3 is 41.3 Å². The number of imidazole rings is 2. The number of fused-ring (bicyclic) bond motifs is 2. The highest BCUT2D eigenvalue weighted by Gasteiger charge is 2.45. The lowest BCUT2D eigenvalue weighted by molar-refractivity contribution is -0.347. The Morgan fingerprint density at radius 1 is 1.35 bits per heavy atom. The first kappa shape index (κ1) is 19.4. The van der Waals surface area contributed by atoms with Gasteiger partial charge in [-0.1, -0.05) is 4.98 Å². The van der Waals surface area contributed by atoms with Gasteiger partial charge in [-0.15, -0.1) is 0 Å². The van der Waals surface area contributed by atoms with Gasteiger partial charge in [-0.2, -0.15) is 4.98 Å². The summed E-state index contributed by atoms with van der Waals surface area (Å²) in [6.45, 7) is -0.470. The van der Waals surface area contributed by atoms with Crippen molar-refractivity contribution in [1.82, 2.24) is 29.4 Å². The zero-order chi connectivity index (χ0) is 21.9. The molecular formula is C16H21N10O5+. The Labute approximate surface area is 173 Å². The highest BCUT2D eigenvalue weighted by molar-refractivity contribution is 5.99. The maximum atomic E-state index is 12.9. The van der Waals surface area contributed by atoms with E-state index in [1.165, 1.54) is 15.8 Å². The van der Waals surface area contributed by atoms with E-state index < -0.39 is 43.3 Å². The molecule has 5 rings (SSSR count). The summed E-state index contributed by atoms with van der Waals surface area (Å²) in [7, 11) is 1.56. The van der Waals surface area contributed by atoms with Gasteiger partial charge in [0.05, 0.1) is 12.9 Å². The number of amides is 1. The van der Waals surface area contributed by atoms with Gasteiger partial charge in [-0.05, 0) is 0 Å². The average Bonchev–Trinajstić information content (AvgIpc) is 3.45. The van der Waals surface area contributed by atoms with Crippen LogP contribution in [0.1, 0.15) is 16.7 Å². The highest BCUT2D eigenvalue weighted by atomic mass is 16.6. The number of ether oxygens (including phenoxy) is 1. The monoisotopic (exact) mass is 433 g/mol. The molecule has 0 spiro atoms. The van der Waals surface area contributed by atoms with Gasteiger partial charge in [0.25, 0.3) is 5.91 Å². The summed E-state index contributed by atoms with van der Waals surface area (Å²) in [5.74, 6) is 0.243. The van der Waals surface area contributed by atoms with Gasteiger partial charge in [0.2, 0.25) is 5.52 Å². The normalized spacial score (nSPS) is 28.1. The maximum Gasteiger partial charge on any atom is 0.307 e. The van der Waals surface area contributed by atoms with Gasteiger partial charge >= 0.3 is 11.6 Å². The Bertz CT molecular complexity index is 1150. The van der Waals surface area contributed by atoms with E-state index in [2.05, 4.69) is 35.6 Å². The lowest BCUT2D eigenvalue weighted by atomic mass is 10.1. The molecule has 0 aromatic carbocycles. The minimum atomic E-state index is -1.33. The zero-order valence-corrected chi connectivity index (χ0v) is 16.2. The van der Waals surface area contributed by atoms with Crippen molar-refractivity contribution in [3.05, 3.63) is 18.3 Å². The SMILES string of the molecule is CN1C(=O)c2ncn([C@@H]3O[C@H](CO)[C@@H](O)[C@H]3O)c2NC1Nc1nc(N)c2[nH]c[nH+]c2n1. The second kappa shape index (κ2) is 7.02. The zero-order valence-electron chi connectivity index (χ0n) is 16.2. The molecule has 5 atom stereocenters. The molecule has 1 saturated heterocycles. The Kier molecular flexibility index (Phi) is 4.40. The molecule has 0 bridgehead atoms. The number of carbonyl (C=O) groups is 1. The van der Waals surface area contributed by atoms with Crippen LogP contribution in [-0.4, -0.2) is 88.9 Å². The number of rotatable bonds is 4. The quantitative estimate of drug-likeness (QED) is 0.221. The number of H-pyrrole nitrogens is 2. The standard InChI is InChI=1S/C16H20N10O5/c1-25-13(30)7-12(26(4-20-7)14-9(29)8(28)5(2-27)31-14)23-16(25)24-15-21-10(17)6-11(22-15)19-3-18-6/h3-5,8-9,14,16,23,27-29H,2H2,1H3,(H4,17,18,19,21,22,24)/p+1/t5-,8-,9-,14-,16?/m1/s1. The molecule has 164 valence electrons. The molecule has 3 aromatic heterocycles. The van der Waals surface area contributed by atoms with E-state index in [0.717, 1.165) is 0 Å². The number of nitrogens with two attached hydrogens (primary N) is 1. The Morgan fingerprint density at radius 3 is 2.90 bits per heavy atom. The van der Waals surface area contributed by atoms with Crippen LogP contribution in [0.15, 0.2) is 12.7 Å². The minimum Gasteiger partial charge on any atom is -0.394 e. The third-order valence-electron chi connectivity index (χ3n) is 5.40. The molecule has 2 aliphatic heterocycles. The molecular weight excluding hydrogens is 412 g/mol. The number of aromatic nitrogens is 6. The molecule has 3 aromatic rings. The predicted molar refractivity (Wildman–Crippen MR) is 103 cm³/mol. The summed E-state index contributed by atoms with van der Waals surface area (Å²) in [4.78, 5) is 32.6. The van der Waals surface area contributed by atoms with Crippen molar-refractivity contribution in [2.75, 3.05) is 30.0 Å². The van der Waals surface area contributed by atoms with Crippen LogP contribution in [-0.2, 0) is 4.74 Å². The van der Waals surface area contributed by atoms with E-state index in [-0.39, 0.29) is 23.3 Å². The fraction of sp³-hybridized carbons (Fsp3) is 0.438. The van der Waals surface area contributed by atoms with E-state index in [1.807, 2.05) is 0 Å². The van der Waals surface area contributed by atoms with Crippen LogP contribution in [0.2, 0.25) is 0 Å². The van der Waals surface area contributed by atoms with Gasteiger partial charge in [-0.3, -0.25) is 14.3 Å². The molecule has 15 nitrogen and oxygen atoms in total. The third-order valence-corrected chi connectivity index (χ3v) is 5.40. The summed E-state index contributed by atoms with van der Waals surface area (Å²) >= 11 is 0. The van der Waals surface area contributed by atoms with E-state index >= 15 is 0 Å². The second-order valence-corrected chi connectivity index (χ2v) is 7.27. The van der Waals surface area contributed by atoms with Crippen molar-refractivity contribution < 1.29 is 29.8 Å². The minimum absolute atomic E-state index is 0.105. The summed E-state index contributed by atoms with van der Waals surface area (Å²) in [5.41, 5.74) is 7.08. The van der Waals surface area contributed by atoms with Crippen molar-refractivity contribution in [2.45, 2.75) is 30.8 Å². The number of carbonyl (C=O) groups excluding carboxylic acids is 1. The summed E-state index contributed by atoms with van der Waals surface area (Å²) < 4.78 is 6.95. The van der Waals surface area contributed by atoms with Gasteiger partial charge in [0.1, 0.15) is 24.1 Å². The Morgan fingerprint density at radius 2 is 2.16 bits per heavy atom. The molecule has 15 heteroatoms. The number of aliphatic hydroxyl groups excluding tert-OH is 3. The van der Waals surface area contributed by atoms with Crippen LogP contribution in [0.4, 0.5) is 17.6 Å². The van der Waals surface area contributed by atoms with Crippen molar-refractivity contribution in [1.29, 1.82) is 0 Å². The van der Waals surface area contributed by atoms with Gasteiger partial charge in [0.15, 0.2) is 30.4 Å². The lowest BCUT2D eigenvalue weighted by Gasteiger charge is -2.34. The highest BCUT2D eigenvalue weighted by Crippen LogP contribution is 2.34. The molecule has 31 heavy (non-hydrogen) atoms. The van der Waals surface area contributed by atoms with E-state index in [1.54, 1.807) is 13.4 Å². The van der Waals surface area contributed by atoms with Crippen LogP contribution < -0.4 is 21.4 Å². The molecule has 2 aliphatic rings. The van der Waals surface area contributed by atoms with E-state index in [0.29, 0.717) is 11.2 Å². The number of anilines is 3. The summed E-state index contributed by atoms with van der Waals surface area (Å²) in [6.07, 6.45) is -2.53. The second-order valence-electron chi connectivity index (χ2n) is 7.27. The fourth-order valence-electron chi connectivity index (χ4n) is 3.70. The van der Waals surface area contributed by atoms with E-state index in [4.69, 9.17) is 10.5 Å². The summed E-state index contributed by atoms with van der Waals surface area (Å²) in [6, 6.07) is 0. The van der Waals surface area contributed by atoms with Crippen LogP contribution in [0.5, 0.6) is 0 Å². The number of hydrogen-bond donors (Lipinski definition) is 7. The predicted octanol–water partition coefficient (Wildman–Crippen LogP) is -2.94. The molecule has 1 amide bonds. The van der Waals surface area contributed by atoms with Crippen molar-refractivity contribution in [3.63, 3.8) is 0 Å². The van der Waals surface area contributed by atoms with Gasteiger partial charge in [-0.25, -0.2) is 9.97 Å². The molecule has 0 radical (unpaired) electrons. The van der Waals surface area contributed by atoms with Crippen LogP contribution in [0.25, 0.3) is 11.2 Å². The number of hydrogen-bond acceptors (Lipinski definition) is 11. The number of nitrogens with one attached hydrogen (secondary N) is 4. The molecule has 9 N–H and O–H groups in total. The molecule has 5 heterocycles. The third kappa shape index (κ3) is 2.94. The average molecular weight is 433 g/mol. The first-order valence-corrected chi connectivity index (χ1v) is 9.41. The largest absolute Gasteiger partial charge is 0.394 e. The smallest absolute Gasteiger partial charge is 0.307 e. The first-order valence-electron chi connectivity index (χ1n) is 9.41. The molecule has 1 unspecified atom stereocenters. The molecule has 1 fully saturated rings.